The quantitative estimate of drug-likeness (QED) is 0.625. The van der Waals surface area contributed by atoms with E-state index in [1.807, 2.05) is 10.6 Å². The van der Waals surface area contributed by atoms with Gasteiger partial charge >= 0.3 is 0 Å². The van der Waals surface area contributed by atoms with Crippen molar-refractivity contribution in [2.75, 3.05) is 26.2 Å². The van der Waals surface area contributed by atoms with Gasteiger partial charge in [0.25, 0.3) is 5.56 Å². The maximum Gasteiger partial charge on any atom is 0.250 e. The SMILES string of the molecule is O=c1cccc2n1C[C@@H]1C[C@H]2C[NH+](CC#CCO)C1. The number of aromatic nitrogens is 1. The Morgan fingerprint density at radius 2 is 2.26 bits per heavy atom. The van der Waals surface area contributed by atoms with E-state index in [9.17, 15) is 4.79 Å². The fourth-order valence-electron chi connectivity index (χ4n) is 3.51. The van der Waals surface area contributed by atoms with Gasteiger partial charge in [-0.1, -0.05) is 12.0 Å². The summed E-state index contributed by atoms with van der Waals surface area (Å²) in [6, 6.07) is 5.61. The molecule has 3 atom stereocenters. The van der Waals surface area contributed by atoms with E-state index in [-0.39, 0.29) is 12.2 Å². The molecule has 1 aromatic heterocycles. The van der Waals surface area contributed by atoms with Gasteiger partial charge in [0.2, 0.25) is 0 Å². The van der Waals surface area contributed by atoms with Crippen LogP contribution in [0.4, 0.5) is 0 Å². The van der Waals surface area contributed by atoms with Crippen molar-refractivity contribution in [1.82, 2.24) is 4.57 Å². The zero-order chi connectivity index (χ0) is 13.2. The second-order valence-electron chi connectivity index (χ2n) is 5.54. The van der Waals surface area contributed by atoms with Crippen LogP contribution in [0.2, 0.25) is 0 Å². The third-order valence-electron chi connectivity index (χ3n) is 4.22. The fraction of sp³-hybridized carbons (Fsp3) is 0.533. The summed E-state index contributed by atoms with van der Waals surface area (Å²) < 4.78 is 1.95. The maximum atomic E-state index is 11.9. The minimum atomic E-state index is -0.0572. The molecule has 1 fully saturated rings. The molecule has 2 N–H and O–H groups in total. The topological polar surface area (TPSA) is 46.7 Å². The summed E-state index contributed by atoms with van der Waals surface area (Å²) in [5, 5.41) is 8.70. The minimum Gasteiger partial charge on any atom is -0.384 e. The average molecular weight is 259 g/mol. The molecule has 0 spiro atoms. The Morgan fingerprint density at radius 3 is 3.11 bits per heavy atom. The van der Waals surface area contributed by atoms with E-state index in [4.69, 9.17) is 5.11 Å². The molecule has 100 valence electrons. The van der Waals surface area contributed by atoms with Gasteiger partial charge in [-0.25, -0.2) is 0 Å². The van der Waals surface area contributed by atoms with Crippen LogP contribution in [0.1, 0.15) is 18.0 Å². The molecule has 4 heteroatoms. The zero-order valence-corrected chi connectivity index (χ0v) is 10.9. The van der Waals surface area contributed by atoms with Crippen LogP contribution in [0.15, 0.2) is 23.0 Å². The van der Waals surface area contributed by atoms with Gasteiger partial charge in [0.15, 0.2) is 0 Å². The molecular formula is C15H19N2O2+. The van der Waals surface area contributed by atoms with Crippen LogP contribution in [0.5, 0.6) is 0 Å². The van der Waals surface area contributed by atoms with Crippen molar-refractivity contribution in [1.29, 1.82) is 0 Å². The largest absolute Gasteiger partial charge is 0.384 e. The fourth-order valence-corrected chi connectivity index (χ4v) is 3.51. The molecule has 0 radical (unpaired) electrons. The number of piperidine rings is 1. The first kappa shape index (κ1) is 12.5. The molecule has 0 aromatic carbocycles. The van der Waals surface area contributed by atoms with Gasteiger partial charge in [-0.15, -0.1) is 0 Å². The van der Waals surface area contributed by atoms with Crippen LogP contribution in [-0.2, 0) is 6.54 Å². The van der Waals surface area contributed by atoms with E-state index in [2.05, 4.69) is 17.9 Å². The Hall–Kier alpha value is -1.57. The number of aliphatic hydroxyl groups excluding tert-OH is 1. The first-order valence-corrected chi connectivity index (χ1v) is 6.88. The van der Waals surface area contributed by atoms with Crippen LogP contribution in [0.25, 0.3) is 0 Å². The molecule has 0 aliphatic carbocycles. The van der Waals surface area contributed by atoms with Gasteiger partial charge < -0.3 is 14.6 Å². The minimum absolute atomic E-state index is 0.0572. The molecule has 2 aliphatic rings. The van der Waals surface area contributed by atoms with Crippen LogP contribution in [0.3, 0.4) is 0 Å². The highest BCUT2D eigenvalue weighted by atomic mass is 16.2. The van der Waals surface area contributed by atoms with Gasteiger partial charge in [-0.05, 0) is 18.4 Å². The van der Waals surface area contributed by atoms with E-state index in [0.717, 1.165) is 26.2 Å². The predicted octanol–water partition coefficient (Wildman–Crippen LogP) is -1.15. The molecule has 19 heavy (non-hydrogen) atoms. The highest BCUT2D eigenvalue weighted by Crippen LogP contribution is 2.29. The molecule has 0 amide bonds. The van der Waals surface area contributed by atoms with Crippen LogP contribution >= 0.6 is 0 Å². The lowest BCUT2D eigenvalue weighted by Gasteiger charge is -2.39. The number of nitrogens with one attached hydrogen (secondary N) is 1. The van der Waals surface area contributed by atoms with Crippen molar-refractivity contribution in [2.24, 2.45) is 5.92 Å². The number of likely N-dealkylation sites (tertiary alicyclic amines) is 1. The average Bonchev–Trinajstić information content (AvgIpc) is 2.40. The van der Waals surface area contributed by atoms with Gasteiger partial charge in [-0.2, -0.15) is 0 Å². The standard InChI is InChI=1S/C15H18N2O2/c18-7-2-1-6-16-9-12-8-13(11-16)14-4-3-5-15(19)17(14)10-12/h3-5,12-13,18H,6-11H2/p+1/t12-,13+/m1/s1. The Morgan fingerprint density at radius 1 is 1.37 bits per heavy atom. The Kier molecular flexibility index (Phi) is 3.41. The number of quaternary nitrogens is 1. The number of rotatable bonds is 1. The maximum absolute atomic E-state index is 11.9. The Balaban J connectivity index is 1.82. The van der Waals surface area contributed by atoms with E-state index in [0.29, 0.717) is 11.8 Å². The molecule has 2 bridgehead atoms. The molecule has 0 saturated carbocycles. The second kappa shape index (κ2) is 5.20. The first-order valence-electron chi connectivity index (χ1n) is 6.88. The highest BCUT2D eigenvalue weighted by Gasteiger charge is 2.36. The Labute approximate surface area is 112 Å². The molecule has 3 heterocycles. The molecule has 2 aliphatic heterocycles. The summed E-state index contributed by atoms with van der Waals surface area (Å²) in [5.74, 6) is 6.80. The summed E-state index contributed by atoms with van der Waals surface area (Å²) >= 11 is 0. The molecule has 4 nitrogen and oxygen atoms in total. The number of hydrogen-bond donors (Lipinski definition) is 2. The molecule has 3 rings (SSSR count). The predicted molar refractivity (Wildman–Crippen MR) is 72.0 cm³/mol. The van der Waals surface area contributed by atoms with Crippen molar-refractivity contribution >= 4 is 0 Å². The van der Waals surface area contributed by atoms with Crippen molar-refractivity contribution < 1.29 is 10.0 Å². The summed E-state index contributed by atoms with van der Waals surface area (Å²) in [6.07, 6.45) is 1.19. The third-order valence-corrected chi connectivity index (χ3v) is 4.22. The first-order chi connectivity index (χ1) is 9.28. The van der Waals surface area contributed by atoms with Crippen molar-refractivity contribution in [3.05, 3.63) is 34.2 Å². The molecule has 1 aromatic rings. The van der Waals surface area contributed by atoms with Gasteiger partial charge in [0.05, 0.1) is 13.1 Å². The molecule has 1 saturated heterocycles. The Bertz CT molecular complexity index is 582. The number of pyridine rings is 1. The number of aliphatic hydroxyl groups is 1. The van der Waals surface area contributed by atoms with Gasteiger partial charge in [0, 0.05) is 30.1 Å². The van der Waals surface area contributed by atoms with Crippen molar-refractivity contribution in [3.63, 3.8) is 0 Å². The zero-order valence-electron chi connectivity index (χ0n) is 10.9. The van der Waals surface area contributed by atoms with E-state index < -0.39 is 0 Å². The smallest absolute Gasteiger partial charge is 0.250 e. The molecular weight excluding hydrogens is 240 g/mol. The number of hydrogen-bond acceptors (Lipinski definition) is 2. The summed E-state index contributed by atoms with van der Waals surface area (Å²) in [5.41, 5.74) is 1.33. The summed E-state index contributed by atoms with van der Waals surface area (Å²) in [6.45, 7) is 3.71. The van der Waals surface area contributed by atoms with E-state index >= 15 is 0 Å². The van der Waals surface area contributed by atoms with Gasteiger partial charge in [-0.3, -0.25) is 4.79 Å². The number of nitrogens with zero attached hydrogens (tertiary/aromatic N) is 1. The van der Waals surface area contributed by atoms with Crippen LogP contribution < -0.4 is 10.5 Å². The summed E-state index contributed by atoms with van der Waals surface area (Å²) in [4.78, 5) is 13.4. The number of fused-ring (bicyclic) bond motifs is 4. The van der Waals surface area contributed by atoms with Crippen LogP contribution in [0, 0.1) is 17.8 Å². The lowest BCUT2D eigenvalue weighted by atomic mass is 9.83. The van der Waals surface area contributed by atoms with Gasteiger partial charge in [0.1, 0.15) is 13.2 Å². The highest BCUT2D eigenvalue weighted by molar-refractivity contribution is 5.15. The third kappa shape index (κ3) is 2.44. The normalized spacial score (nSPS) is 28.2. The monoisotopic (exact) mass is 259 g/mol. The lowest BCUT2D eigenvalue weighted by Crippen LogP contribution is -3.14. The molecule has 1 unspecified atom stereocenters. The summed E-state index contributed by atoms with van der Waals surface area (Å²) in [7, 11) is 0. The van der Waals surface area contributed by atoms with Crippen molar-refractivity contribution in [3.8, 4) is 11.8 Å². The van der Waals surface area contributed by atoms with E-state index in [1.54, 1.807) is 6.07 Å². The lowest BCUT2D eigenvalue weighted by molar-refractivity contribution is -0.903. The second-order valence-corrected chi connectivity index (χ2v) is 5.54. The van der Waals surface area contributed by atoms with E-state index in [1.165, 1.54) is 17.0 Å². The van der Waals surface area contributed by atoms with Crippen molar-refractivity contribution in [2.45, 2.75) is 18.9 Å². The van der Waals surface area contributed by atoms with Crippen LogP contribution in [-0.4, -0.2) is 35.9 Å².